The first-order chi connectivity index (χ1) is 11.8. The van der Waals surface area contributed by atoms with E-state index in [2.05, 4.69) is 6.92 Å². The molecule has 1 N–H and O–H groups in total. The maximum Gasteiger partial charge on any atom is 0.338 e. The maximum atomic E-state index is 12.3. The van der Waals surface area contributed by atoms with Gasteiger partial charge in [-0.1, -0.05) is 6.92 Å². The Hall–Kier alpha value is -1.40. The van der Waals surface area contributed by atoms with Crippen LogP contribution in [0.4, 0.5) is 0 Å². The molecule has 0 heterocycles. The van der Waals surface area contributed by atoms with Crippen molar-refractivity contribution in [2.45, 2.75) is 43.9 Å². The maximum absolute atomic E-state index is 12.3. The molecule has 4 saturated carbocycles. The lowest BCUT2D eigenvalue weighted by Crippen LogP contribution is -2.53. The van der Waals surface area contributed by atoms with E-state index in [0.29, 0.717) is 24.0 Å². The van der Waals surface area contributed by atoms with Crippen LogP contribution in [-0.2, 0) is 14.9 Å². The number of carbonyl (C=O) groups is 1. The molecule has 4 aliphatic carbocycles. The summed E-state index contributed by atoms with van der Waals surface area (Å²) in [6.45, 7) is 2.70. The minimum absolute atomic E-state index is 0.0669. The highest BCUT2D eigenvalue weighted by molar-refractivity contribution is 7.85. The molecule has 0 aromatic heterocycles. The molecule has 0 aliphatic heterocycles. The van der Waals surface area contributed by atoms with E-state index in [4.69, 9.17) is 9.29 Å². The molecule has 1 aromatic rings. The van der Waals surface area contributed by atoms with Crippen molar-refractivity contribution in [2.75, 3.05) is 6.61 Å². The van der Waals surface area contributed by atoms with Crippen molar-refractivity contribution in [3.05, 3.63) is 29.8 Å². The van der Waals surface area contributed by atoms with Gasteiger partial charge in [0.25, 0.3) is 10.1 Å². The molecule has 5 nitrogen and oxygen atoms in total. The summed E-state index contributed by atoms with van der Waals surface area (Å²) in [5.41, 5.74) is 0.372. The van der Waals surface area contributed by atoms with E-state index in [0.717, 1.165) is 11.8 Å². The van der Waals surface area contributed by atoms with Crippen LogP contribution in [0.5, 0.6) is 0 Å². The van der Waals surface area contributed by atoms with E-state index in [1.54, 1.807) is 0 Å². The zero-order valence-electron chi connectivity index (χ0n) is 14.3. The van der Waals surface area contributed by atoms with Gasteiger partial charge in [-0.05, 0) is 80.0 Å². The molecule has 6 heteroatoms. The van der Waals surface area contributed by atoms with Gasteiger partial charge in [0.05, 0.1) is 17.1 Å². The molecule has 4 fully saturated rings. The van der Waals surface area contributed by atoms with Gasteiger partial charge in [-0.15, -0.1) is 0 Å². The average Bonchev–Trinajstić information content (AvgIpc) is 2.56. The predicted molar refractivity (Wildman–Crippen MR) is 91.7 cm³/mol. The fraction of sp³-hybridized carbons (Fsp3) is 0.632. The van der Waals surface area contributed by atoms with Crippen LogP contribution in [-0.4, -0.2) is 25.5 Å². The molecule has 1 aromatic carbocycles. The smallest absolute Gasteiger partial charge is 0.338 e. The van der Waals surface area contributed by atoms with Gasteiger partial charge in [-0.2, -0.15) is 8.42 Å². The lowest BCUT2D eigenvalue weighted by Gasteiger charge is -2.59. The number of esters is 1. The van der Waals surface area contributed by atoms with Gasteiger partial charge in [0.15, 0.2) is 0 Å². The molecular formula is C19H24O5S. The number of ether oxygens (including phenoxy) is 1. The van der Waals surface area contributed by atoms with Gasteiger partial charge >= 0.3 is 5.97 Å². The Morgan fingerprint density at radius 2 is 1.60 bits per heavy atom. The molecule has 0 spiro atoms. The van der Waals surface area contributed by atoms with Gasteiger partial charge < -0.3 is 4.74 Å². The third-order valence-corrected chi connectivity index (χ3v) is 7.77. The van der Waals surface area contributed by atoms with Crippen LogP contribution in [0.15, 0.2) is 29.2 Å². The zero-order valence-corrected chi connectivity index (χ0v) is 15.2. The molecule has 0 amide bonds. The van der Waals surface area contributed by atoms with Crippen molar-refractivity contribution in [3.63, 3.8) is 0 Å². The second-order valence-electron chi connectivity index (χ2n) is 8.39. The van der Waals surface area contributed by atoms with Crippen LogP contribution in [0.2, 0.25) is 0 Å². The molecule has 4 bridgehead atoms. The summed E-state index contributed by atoms with van der Waals surface area (Å²) in [7, 11) is -4.25. The lowest BCUT2D eigenvalue weighted by molar-refractivity contribution is -0.123. The fourth-order valence-electron chi connectivity index (χ4n) is 5.56. The van der Waals surface area contributed by atoms with E-state index >= 15 is 0 Å². The quantitative estimate of drug-likeness (QED) is 0.653. The monoisotopic (exact) mass is 364 g/mol. The van der Waals surface area contributed by atoms with Gasteiger partial charge in [-0.25, -0.2) is 4.79 Å². The highest BCUT2D eigenvalue weighted by Crippen LogP contribution is 2.62. The van der Waals surface area contributed by atoms with Crippen LogP contribution in [0.25, 0.3) is 0 Å². The van der Waals surface area contributed by atoms with Crippen molar-refractivity contribution < 1.29 is 22.5 Å². The third kappa shape index (κ3) is 2.99. The number of hydrogen-bond donors (Lipinski definition) is 1. The van der Waals surface area contributed by atoms with Crippen molar-refractivity contribution >= 4 is 16.1 Å². The summed E-state index contributed by atoms with van der Waals surface area (Å²) in [5, 5.41) is 0. The molecule has 0 atom stereocenters. The van der Waals surface area contributed by atoms with Crippen LogP contribution in [0, 0.1) is 29.1 Å². The van der Waals surface area contributed by atoms with Gasteiger partial charge in [0, 0.05) is 5.41 Å². The van der Waals surface area contributed by atoms with Crippen molar-refractivity contribution in [2.24, 2.45) is 29.1 Å². The first kappa shape index (κ1) is 17.0. The Morgan fingerprint density at radius 1 is 1.08 bits per heavy atom. The summed E-state index contributed by atoms with van der Waals surface area (Å²) in [6.07, 6.45) is 6.46. The third-order valence-electron chi connectivity index (χ3n) is 6.91. The number of benzene rings is 1. The number of rotatable bonds is 4. The molecule has 25 heavy (non-hydrogen) atoms. The molecular weight excluding hydrogens is 340 g/mol. The van der Waals surface area contributed by atoms with Crippen LogP contribution in [0.1, 0.15) is 49.4 Å². The van der Waals surface area contributed by atoms with Crippen LogP contribution < -0.4 is 0 Å². The predicted octanol–water partition coefficient (Wildman–Crippen LogP) is 3.55. The van der Waals surface area contributed by atoms with Gasteiger partial charge in [0.1, 0.15) is 0 Å². The largest absolute Gasteiger partial charge is 0.461 e. The fourth-order valence-corrected chi connectivity index (χ4v) is 6.04. The van der Waals surface area contributed by atoms with Gasteiger partial charge in [-0.3, -0.25) is 4.55 Å². The summed E-state index contributed by atoms with van der Waals surface area (Å²) < 4.78 is 36.8. The Bertz CT molecular complexity index is 753. The SMILES string of the molecule is CC1(COC(=O)c2ccc(S(=O)(=O)O)cc2)C2CC3CC(C2)CC1C3. The minimum Gasteiger partial charge on any atom is -0.461 e. The van der Waals surface area contributed by atoms with Crippen LogP contribution >= 0.6 is 0 Å². The van der Waals surface area contributed by atoms with Crippen molar-refractivity contribution in [1.29, 1.82) is 0 Å². The summed E-state index contributed by atoms with van der Waals surface area (Å²) in [6, 6.07) is 5.20. The van der Waals surface area contributed by atoms with E-state index in [1.807, 2.05) is 0 Å². The molecule has 0 radical (unpaired) electrons. The Kier molecular flexibility index (Phi) is 3.96. The zero-order chi connectivity index (χ0) is 17.8. The normalized spacial score (nSPS) is 36.4. The van der Waals surface area contributed by atoms with Crippen molar-refractivity contribution in [1.82, 2.24) is 0 Å². The van der Waals surface area contributed by atoms with E-state index in [9.17, 15) is 13.2 Å². The highest BCUT2D eigenvalue weighted by atomic mass is 32.2. The molecule has 136 valence electrons. The molecule has 4 aliphatic rings. The average molecular weight is 364 g/mol. The van der Waals surface area contributed by atoms with Crippen molar-refractivity contribution in [3.8, 4) is 0 Å². The molecule has 0 saturated heterocycles. The molecule has 0 unspecified atom stereocenters. The van der Waals surface area contributed by atoms with E-state index in [1.165, 1.54) is 56.4 Å². The van der Waals surface area contributed by atoms with E-state index < -0.39 is 16.1 Å². The summed E-state index contributed by atoms with van der Waals surface area (Å²) in [5.74, 6) is 2.62. The Labute approximate surface area is 148 Å². The van der Waals surface area contributed by atoms with E-state index in [-0.39, 0.29) is 10.3 Å². The number of carbonyl (C=O) groups excluding carboxylic acids is 1. The second-order valence-corrected chi connectivity index (χ2v) is 9.81. The lowest BCUT2D eigenvalue weighted by atomic mass is 9.46. The standard InChI is InChI=1S/C19H24O5S/c1-19(15-7-12-6-13(9-15)10-16(19)8-12)11-24-18(20)14-2-4-17(5-3-14)25(21,22)23/h2-5,12-13,15-16H,6-11H2,1H3,(H,21,22,23). The summed E-state index contributed by atoms with van der Waals surface area (Å²) >= 11 is 0. The number of hydrogen-bond acceptors (Lipinski definition) is 4. The summed E-state index contributed by atoms with van der Waals surface area (Å²) in [4.78, 5) is 12.1. The topological polar surface area (TPSA) is 80.7 Å². The van der Waals surface area contributed by atoms with Crippen LogP contribution in [0.3, 0.4) is 0 Å². The minimum atomic E-state index is -4.25. The molecule has 5 rings (SSSR count). The Balaban J connectivity index is 1.43. The first-order valence-electron chi connectivity index (χ1n) is 9.00. The highest BCUT2D eigenvalue weighted by Gasteiger charge is 2.55. The first-order valence-corrected chi connectivity index (χ1v) is 10.4. The Morgan fingerprint density at radius 3 is 2.08 bits per heavy atom. The second kappa shape index (κ2) is 5.81. The van der Waals surface area contributed by atoms with Gasteiger partial charge in [0.2, 0.25) is 0 Å².